The van der Waals surface area contributed by atoms with Gasteiger partial charge in [-0.3, -0.25) is 0 Å². The van der Waals surface area contributed by atoms with Crippen LogP contribution in [0.1, 0.15) is 16.7 Å². The maximum atomic E-state index is 12.9. The van der Waals surface area contributed by atoms with Crippen molar-refractivity contribution in [2.45, 2.75) is 18.0 Å². The molecule has 128 valence electrons. The number of benzene rings is 3. The fraction of sp³-hybridized carbons (Fsp3) is 0.0952. The summed E-state index contributed by atoms with van der Waals surface area (Å²) in [6, 6.07) is 24.1. The number of nitrogens with zero attached hydrogens (tertiary/aromatic N) is 2. The number of hydrogen-bond acceptors (Lipinski definition) is 3. The molecule has 0 saturated carbocycles. The zero-order valence-electron chi connectivity index (χ0n) is 14.0. The summed E-state index contributed by atoms with van der Waals surface area (Å²) in [5.41, 5.74) is 4.19. The summed E-state index contributed by atoms with van der Waals surface area (Å²) >= 11 is 0. The minimum absolute atomic E-state index is 0.288. The van der Waals surface area contributed by atoms with Crippen molar-refractivity contribution < 1.29 is 8.42 Å². The Bertz CT molecular complexity index is 1100. The van der Waals surface area contributed by atoms with E-state index < -0.39 is 10.0 Å². The predicted octanol–water partition coefficient (Wildman–Crippen LogP) is 3.93. The van der Waals surface area contributed by atoms with Gasteiger partial charge < -0.3 is 0 Å². The Labute approximate surface area is 153 Å². The van der Waals surface area contributed by atoms with E-state index in [1.165, 1.54) is 4.31 Å². The van der Waals surface area contributed by atoms with E-state index in [4.69, 9.17) is 0 Å². The zero-order valence-corrected chi connectivity index (χ0v) is 14.8. The Balaban J connectivity index is 1.74. The summed E-state index contributed by atoms with van der Waals surface area (Å²) < 4.78 is 27.2. The van der Waals surface area contributed by atoms with Crippen molar-refractivity contribution in [1.29, 1.82) is 5.26 Å². The lowest BCUT2D eigenvalue weighted by atomic mass is 9.95. The van der Waals surface area contributed by atoms with Crippen molar-refractivity contribution in [1.82, 2.24) is 4.31 Å². The molecule has 0 N–H and O–H groups in total. The van der Waals surface area contributed by atoms with Crippen LogP contribution >= 0.6 is 0 Å². The molecule has 3 aromatic rings. The van der Waals surface area contributed by atoms with Crippen molar-refractivity contribution >= 4 is 10.0 Å². The lowest BCUT2D eigenvalue weighted by Gasteiger charge is -2.15. The fourth-order valence-corrected chi connectivity index (χ4v) is 4.70. The van der Waals surface area contributed by atoms with Crippen molar-refractivity contribution in [2.75, 3.05) is 0 Å². The predicted molar refractivity (Wildman–Crippen MR) is 99.5 cm³/mol. The minimum atomic E-state index is -3.55. The van der Waals surface area contributed by atoms with Crippen LogP contribution in [0.3, 0.4) is 0 Å². The monoisotopic (exact) mass is 360 g/mol. The molecule has 0 bridgehead atoms. The summed E-state index contributed by atoms with van der Waals surface area (Å²) in [7, 11) is -3.55. The van der Waals surface area contributed by atoms with Crippen LogP contribution in [-0.4, -0.2) is 12.7 Å². The number of fused-ring (bicyclic) bond motifs is 1. The Morgan fingerprint density at radius 1 is 0.846 bits per heavy atom. The van der Waals surface area contributed by atoms with Crippen LogP contribution in [0.15, 0.2) is 77.7 Å². The van der Waals surface area contributed by atoms with Crippen LogP contribution < -0.4 is 0 Å². The van der Waals surface area contributed by atoms with Crippen LogP contribution in [0.5, 0.6) is 0 Å². The van der Waals surface area contributed by atoms with E-state index >= 15 is 0 Å². The van der Waals surface area contributed by atoms with Crippen LogP contribution in [0.25, 0.3) is 11.1 Å². The standard InChI is InChI=1S/C21H16N2O2S/c22-13-17-11-18-14-23(26(24,25)20-9-5-2-6-10-20)15-19(18)12-21(17)16-7-3-1-4-8-16/h1-12H,14-15H2. The highest BCUT2D eigenvalue weighted by Gasteiger charge is 2.31. The molecule has 1 heterocycles. The molecule has 0 atom stereocenters. The highest BCUT2D eigenvalue weighted by molar-refractivity contribution is 7.89. The summed E-state index contributed by atoms with van der Waals surface area (Å²) in [6.07, 6.45) is 0. The third-order valence-electron chi connectivity index (χ3n) is 4.62. The van der Waals surface area contributed by atoms with E-state index in [0.717, 1.165) is 22.3 Å². The zero-order chi connectivity index (χ0) is 18.1. The molecule has 5 heteroatoms. The minimum Gasteiger partial charge on any atom is -0.207 e. The van der Waals surface area contributed by atoms with E-state index in [2.05, 4.69) is 6.07 Å². The Morgan fingerprint density at radius 3 is 2.04 bits per heavy atom. The Morgan fingerprint density at radius 2 is 1.42 bits per heavy atom. The van der Waals surface area contributed by atoms with Gasteiger partial charge >= 0.3 is 0 Å². The van der Waals surface area contributed by atoms with E-state index in [1.807, 2.05) is 42.5 Å². The summed E-state index contributed by atoms with van der Waals surface area (Å²) in [4.78, 5) is 0.289. The first kappa shape index (κ1) is 16.5. The lowest BCUT2D eigenvalue weighted by molar-refractivity contribution is 0.431. The molecule has 4 nitrogen and oxygen atoms in total. The van der Waals surface area contributed by atoms with E-state index in [-0.39, 0.29) is 11.4 Å². The molecule has 4 rings (SSSR count). The second-order valence-electron chi connectivity index (χ2n) is 6.23. The van der Waals surface area contributed by atoms with Gasteiger partial charge in [-0.05, 0) is 46.5 Å². The Hall–Kier alpha value is -2.94. The molecular formula is C21H16N2O2S. The Kier molecular flexibility index (Phi) is 4.08. The normalized spacial score (nSPS) is 14.0. The quantitative estimate of drug-likeness (QED) is 0.711. The molecule has 0 fully saturated rings. The third kappa shape index (κ3) is 2.80. The van der Waals surface area contributed by atoms with Gasteiger partial charge in [-0.1, -0.05) is 48.5 Å². The van der Waals surface area contributed by atoms with Gasteiger partial charge in [0.2, 0.25) is 10.0 Å². The fourth-order valence-electron chi connectivity index (χ4n) is 3.28. The van der Waals surface area contributed by atoms with Gasteiger partial charge in [-0.15, -0.1) is 0 Å². The highest BCUT2D eigenvalue weighted by atomic mass is 32.2. The largest absolute Gasteiger partial charge is 0.243 e. The smallest absolute Gasteiger partial charge is 0.207 e. The van der Waals surface area contributed by atoms with Crippen LogP contribution in [0.2, 0.25) is 0 Å². The van der Waals surface area contributed by atoms with Crippen LogP contribution in [0.4, 0.5) is 0 Å². The van der Waals surface area contributed by atoms with Crippen LogP contribution in [0, 0.1) is 11.3 Å². The first-order valence-corrected chi connectivity index (χ1v) is 9.70. The summed E-state index contributed by atoms with van der Waals surface area (Å²) in [5, 5.41) is 9.53. The number of sulfonamides is 1. The second kappa shape index (κ2) is 6.41. The average Bonchev–Trinajstić information content (AvgIpc) is 3.12. The molecule has 0 saturated heterocycles. The molecular weight excluding hydrogens is 344 g/mol. The first-order valence-electron chi connectivity index (χ1n) is 8.26. The van der Waals surface area contributed by atoms with Gasteiger partial charge in [0.1, 0.15) is 0 Å². The molecule has 1 aliphatic rings. The molecule has 0 aromatic heterocycles. The van der Waals surface area contributed by atoms with Gasteiger partial charge in [-0.25, -0.2) is 8.42 Å². The van der Waals surface area contributed by atoms with Gasteiger partial charge in [-0.2, -0.15) is 9.57 Å². The van der Waals surface area contributed by atoms with Gasteiger partial charge in [0.25, 0.3) is 0 Å². The molecule has 0 amide bonds. The average molecular weight is 360 g/mol. The third-order valence-corrected chi connectivity index (χ3v) is 6.43. The highest BCUT2D eigenvalue weighted by Crippen LogP contribution is 2.34. The first-order chi connectivity index (χ1) is 12.6. The van der Waals surface area contributed by atoms with Gasteiger partial charge in [0, 0.05) is 13.1 Å². The lowest BCUT2D eigenvalue weighted by Crippen LogP contribution is -2.25. The molecule has 0 unspecified atom stereocenters. The van der Waals surface area contributed by atoms with Crippen molar-refractivity contribution in [3.63, 3.8) is 0 Å². The number of rotatable bonds is 3. The summed E-state index contributed by atoms with van der Waals surface area (Å²) in [5.74, 6) is 0. The van der Waals surface area contributed by atoms with E-state index in [1.54, 1.807) is 30.3 Å². The molecule has 3 aromatic carbocycles. The topological polar surface area (TPSA) is 61.2 Å². The second-order valence-corrected chi connectivity index (χ2v) is 8.17. The molecule has 26 heavy (non-hydrogen) atoms. The van der Waals surface area contributed by atoms with E-state index in [9.17, 15) is 13.7 Å². The van der Waals surface area contributed by atoms with Gasteiger partial charge in [0.15, 0.2) is 0 Å². The van der Waals surface area contributed by atoms with Crippen LogP contribution in [-0.2, 0) is 23.1 Å². The number of hydrogen-bond donors (Lipinski definition) is 0. The van der Waals surface area contributed by atoms with Gasteiger partial charge in [0.05, 0.1) is 16.5 Å². The molecule has 0 aliphatic carbocycles. The molecule has 1 aliphatic heterocycles. The summed E-state index contributed by atoms with van der Waals surface area (Å²) in [6.45, 7) is 0.606. The van der Waals surface area contributed by atoms with Crippen molar-refractivity contribution in [3.05, 3.63) is 89.5 Å². The van der Waals surface area contributed by atoms with Crippen molar-refractivity contribution in [2.24, 2.45) is 0 Å². The van der Waals surface area contributed by atoms with Crippen molar-refractivity contribution in [3.8, 4) is 17.2 Å². The maximum absolute atomic E-state index is 12.9. The molecule has 0 spiro atoms. The number of nitriles is 1. The maximum Gasteiger partial charge on any atom is 0.243 e. The SMILES string of the molecule is N#Cc1cc2c(cc1-c1ccccc1)CN(S(=O)(=O)c1ccccc1)C2. The molecule has 0 radical (unpaired) electrons. The van der Waals surface area contributed by atoms with E-state index in [0.29, 0.717) is 12.1 Å².